The first-order valence-electron chi connectivity index (χ1n) is 6.62. The van der Waals surface area contributed by atoms with E-state index >= 15 is 0 Å². The van der Waals surface area contributed by atoms with Crippen molar-refractivity contribution in [1.29, 1.82) is 0 Å². The number of thiocarbonyl (C=S) groups is 1. The first-order chi connectivity index (χ1) is 9.89. The van der Waals surface area contributed by atoms with Crippen LogP contribution in [0, 0.1) is 0 Å². The van der Waals surface area contributed by atoms with Crippen LogP contribution in [0.25, 0.3) is 10.4 Å². The van der Waals surface area contributed by atoms with Gasteiger partial charge in [0.15, 0.2) is 0 Å². The van der Waals surface area contributed by atoms with Crippen LogP contribution in [0.1, 0.15) is 20.8 Å². The van der Waals surface area contributed by atoms with Crippen LogP contribution in [0.3, 0.4) is 0 Å². The Morgan fingerprint density at radius 2 is 2.05 bits per heavy atom. The van der Waals surface area contributed by atoms with Gasteiger partial charge in [-0.05, 0) is 38.5 Å². The van der Waals surface area contributed by atoms with E-state index in [2.05, 4.69) is 37.7 Å². The Hall–Kier alpha value is -1.66. The number of ether oxygens (including phenoxy) is 1. The SMILES string of the molecule is CC(C)(C)OC(=O)NCCN(CCN=C=S)CCN=[N+]=[N-]. The number of amides is 1. The van der Waals surface area contributed by atoms with Gasteiger partial charge in [0.05, 0.1) is 11.7 Å². The van der Waals surface area contributed by atoms with Crippen molar-refractivity contribution < 1.29 is 9.53 Å². The molecule has 1 N–H and O–H groups in total. The third-order valence-corrected chi connectivity index (χ3v) is 2.40. The number of carbonyl (C=O) groups is 1. The lowest BCUT2D eigenvalue weighted by Gasteiger charge is -2.22. The molecule has 0 aliphatic rings. The van der Waals surface area contributed by atoms with Crippen molar-refractivity contribution in [3.8, 4) is 0 Å². The zero-order valence-electron chi connectivity index (χ0n) is 12.7. The minimum absolute atomic E-state index is 0.365. The topological polar surface area (TPSA) is 103 Å². The molecule has 0 bridgehead atoms. The summed E-state index contributed by atoms with van der Waals surface area (Å²) in [5.41, 5.74) is 7.76. The molecule has 0 saturated heterocycles. The molecule has 0 spiro atoms. The van der Waals surface area contributed by atoms with E-state index in [0.717, 1.165) is 0 Å². The van der Waals surface area contributed by atoms with Crippen molar-refractivity contribution in [3.05, 3.63) is 10.4 Å². The number of aliphatic imine (C=N–C) groups is 1. The second-order valence-electron chi connectivity index (χ2n) is 5.20. The smallest absolute Gasteiger partial charge is 0.407 e. The summed E-state index contributed by atoms with van der Waals surface area (Å²) in [5, 5.41) is 8.47. The standard InChI is InChI=1S/C12H22N6O2S/c1-12(2,3)20-11(19)15-5-8-18(7-4-14-10-21)9-6-16-17-13/h4-9H2,1-3H3,(H,15,19). The lowest BCUT2D eigenvalue weighted by molar-refractivity contribution is 0.0522. The molecule has 0 aliphatic carbocycles. The fraction of sp³-hybridized carbons (Fsp3) is 0.833. The molecule has 0 atom stereocenters. The van der Waals surface area contributed by atoms with Crippen LogP contribution in [0.5, 0.6) is 0 Å². The summed E-state index contributed by atoms with van der Waals surface area (Å²) in [5.74, 6) is 0. The molecule has 0 radical (unpaired) electrons. The van der Waals surface area contributed by atoms with Gasteiger partial charge in [-0.1, -0.05) is 5.11 Å². The van der Waals surface area contributed by atoms with E-state index in [1.54, 1.807) is 0 Å². The lowest BCUT2D eigenvalue weighted by Crippen LogP contribution is -2.39. The van der Waals surface area contributed by atoms with E-state index in [0.29, 0.717) is 39.3 Å². The largest absolute Gasteiger partial charge is 0.444 e. The number of hydrogen-bond acceptors (Lipinski definition) is 6. The average Bonchev–Trinajstić information content (AvgIpc) is 2.36. The number of rotatable bonds is 9. The average molecular weight is 314 g/mol. The number of hydrogen-bond donors (Lipinski definition) is 1. The van der Waals surface area contributed by atoms with Crippen LogP contribution >= 0.6 is 12.2 Å². The third-order valence-electron chi connectivity index (χ3n) is 2.27. The molecule has 0 unspecified atom stereocenters. The summed E-state index contributed by atoms with van der Waals surface area (Å²) in [4.78, 5) is 20.1. The van der Waals surface area contributed by atoms with Gasteiger partial charge in [0.1, 0.15) is 5.60 Å². The fourth-order valence-electron chi connectivity index (χ4n) is 1.43. The van der Waals surface area contributed by atoms with Gasteiger partial charge < -0.3 is 10.1 Å². The molecule has 0 heterocycles. The Balaban J connectivity index is 4.11. The number of azide groups is 1. The highest BCUT2D eigenvalue weighted by Gasteiger charge is 2.15. The van der Waals surface area contributed by atoms with E-state index < -0.39 is 11.7 Å². The normalized spacial score (nSPS) is 10.5. The second-order valence-corrected chi connectivity index (χ2v) is 5.38. The van der Waals surface area contributed by atoms with Crippen molar-refractivity contribution in [1.82, 2.24) is 10.2 Å². The fourth-order valence-corrected chi connectivity index (χ4v) is 1.52. The third kappa shape index (κ3) is 13.1. The maximum atomic E-state index is 11.5. The van der Waals surface area contributed by atoms with Gasteiger partial charge >= 0.3 is 6.09 Å². The van der Waals surface area contributed by atoms with Crippen LogP contribution < -0.4 is 5.32 Å². The Morgan fingerprint density at radius 3 is 2.62 bits per heavy atom. The lowest BCUT2D eigenvalue weighted by atomic mass is 10.2. The molecule has 1 amide bonds. The number of alkyl carbamates (subject to hydrolysis) is 1. The highest BCUT2D eigenvalue weighted by molar-refractivity contribution is 7.78. The van der Waals surface area contributed by atoms with E-state index in [4.69, 9.17) is 10.3 Å². The monoisotopic (exact) mass is 314 g/mol. The van der Waals surface area contributed by atoms with Crippen molar-refractivity contribution in [2.75, 3.05) is 39.3 Å². The van der Waals surface area contributed by atoms with Crippen LogP contribution in [0.15, 0.2) is 10.1 Å². The number of carbonyl (C=O) groups excluding carboxylic acids is 1. The van der Waals surface area contributed by atoms with Gasteiger partial charge in [-0.25, -0.2) is 9.79 Å². The van der Waals surface area contributed by atoms with E-state index in [-0.39, 0.29) is 0 Å². The predicted octanol–water partition coefficient (Wildman–Crippen LogP) is 2.23. The number of nitrogens with one attached hydrogen (secondary N) is 1. The molecule has 118 valence electrons. The zero-order valence-corrected chi connectivity index (χ0v) is 13.5. The Morgan fingerprint density at radius 1 is 1.38 bits per heavy atom. The quantitative estimate of drug-likeness (QED) is 0.232. The molecule has 8 nitrogen and oxygen atoms in total. The zero-order chi connectivity index (χ0) is 16.1. The van der Waals surface area contributed by atoms with Gasteiger partial charge in [-0.15, -0.1) is 0 Å². The van der Waals surface area contributed by atoms with Gasteiger partial charge in [0, 0.05) is 37.6 Å². The summed E-state index contributed by atoms with van der Waals surface area (Å²) < 4.78 is 5.14. The molecule has 0 aromatic rings. The van der Waals surface area contributed by atoms with Crippen LogP contribution in [-0.2, 0) is 4.74 Å². The van der Waals surface area contributed by atoms with Crippen LogP contribution in [-0.4, -0.2) is 61.0 Å². The van der Waals surface area contributed by atoms with Crippen molar-refractivity contribution >= 4 is 23.5 Å². The molecule has 9 heteroatoms. The Labute approximate surface area is 130 Å². The molecule has 0 aromatic carbocycles. The van der Waals surface area contributed by atoms with Crippen molar-refractivity contribution in [3.63, 3.8) is 0 Å². The molecule has 0 aromatic heterocycles. The summed E-state index contributed by atoms with van der Waals surface area (Å²) in [6.07, 6.45) is -0.450. The van der Waals surface area contributed by atoms with Crippen molar-refractivity contribution in [2.24, 2.45) is 10.1 Å². The van der Waals surface area contributed by atoms with Gasteiger partial charge in [-0.2, -0.15) is 0 Å². The van der Waals surface area contributed by atoms with Gasteiger partial charge in [0.2, 0.25) is 0 Å². The van der Waals surface area contributed by atoms with Crippen LogP contribution in [0.4, 0.5) is 4.79 Å². The highest BCUT2D eigenvalue weighted by Crippen LogP contribution is 2.06. The molecular weight excluding hydrogens is 292 g/mol. The maximum Gasteiger partial charge on any atom is 0.407 e. The molecule has 0 aliphatic heterocycles. The Bertz CT molecular complexity index is 388. The highest BCUT2D eigenvalue weighted by atomic mass is 32.1. The van der Waals surface area contributed by atoms with Gasteiger partial charge in [0.25, 0.3) is 0 Å². The van der Waals surface area contributed by atoms with Gasteiger partial charge in [-0.3, -0.25) is 4.90 Å². The second kappa shape index (κ2) is 11.0. The molecule has 0 saturated carbocycles. The molecule has 0 rings (SSSR count). The minimum Gasteiger partial charge on any atom is -0.444 e. The first kappa shape index (κ1) is 19.3. The van der Waals surface area contributed by atoms with Crippen LogP contribution in [0.2, 0.25) is 0 Å². The first-order valence-corrected chi connectivity index (χ1v) is 7.03. The summed E-state index contributed by atoms with van der Waals surface area (Å²) in [7, 11) is 0. The molecular formula is C12H22N6O2S. The van der Waals surface area contributed by atoms with Crippen molar-refractivity contribution in [2.45, 2.75) is 26.4 Å². The summed E-state index contributed by atoms with van der Waals surface area (Å²) in [6.45, 7) is 8.59. The molecule has 21 heavy (non-hydrogen) atoms. The van der Waals surface area contributed by atoms with E-state index in [9.17, 15) is 4.79 Å². The predicted molar refractivity (Wildman–Crippen MR) is 84.6 cm³/mol. The summed E-state index contributed by atoms with van der Waals surface area (Å²) >= 11 is 4.51. The number of isothiocyanates is 1. The van der Waals surface area contributed by atoms with E-state index in [1.807, 2.05) is 25.7 Å². The Kier molecular flexibility index (Phi) is 10.2. The summed E-state index contributed by atoms with van der Waals surface area (Å²) in [6, 6.07) is 0. The number of nitrogens with zero attached hydrogens (tertiary/aromatic N) is 5. The maximum absolute atomic E-state index is 11.5. The molecule has 0 fully saturated rings. The van der Waals surface area contributed by atoms with E-state index in [1.165, 1.54) is 0 Å². The minimum atomic E-state index is -0.515.